The standard InChI is InChI=1S/C10H19NO4/c1-4-10(2,11)9(13)15-8(7-12)5-6-14-3/h7-8H,4-6,11H2,1-3H3. The lowest BCUT2D eigenvalue weighted by molar-refractivity contribution is -0.158. The van der Waals surface area contributed by atoms with Crippen LogP contribution in [0.1, 0.15) is 26.7 Å². The summed E-state index contributed by atoms with van der Waals surface area (Å²) in [5, 5.41) is 0. The number of hydrogen-bond acceptors (Lipinski definition) is 5. The number of methoxy groups -OCH3 is 1. The molecule has 2 unspecified atom stereocenters. The van der Waals surface area contributed by atoms with Gasteiger partial charge >= 0.3 is 5.97 Å². The summed E-state index contributed by atoms with van der Waals surface area (Å²) in [6.45, 7) is 3.73. The molecule has 2 N–H and O–H groups in total. The number of nitrogens with two attached hydrogens (primary N) is 1. The maximum absolute atomic E-state index is 11.5. The van der Waals surface area contributed by atoms with Gasteiger partial charge in [0.05, 0.1) is 6.61 Å². The van der Waals surface area contributed by atoms with E-state index in [1.807, 2.05) is 0 Å². The van der Waals surface area contributed by atoms with Crippen LogP contribution in [0.5, 0.6) is 0 Å². The maximum Gasteiger partial charge on any atom is 0.326 e. The number of aldehydes is 1. The largest absolute Gasteiger partial charge is 0.453 e. The number of hydrogen-bond donors (Lipinski definition) is 1. The summed E-state index contributed by atoms with van der Waals surface area (Å²) in [6.07, 6.45) is 0.627. The van der Waals surface area contributed by atoms with E-state index in [2.05, 4.69) is 0 Å². The van der Waals surface area contributed by atoms with E-state index in [0.29, 0.717) is 25.7 Å². The van der Waals surface area contributed by atoms with E-state index in [9.17, 15) is 9.59 Å². The van der Waals surface area contributed by atoms with Crippen molar-refractivity contribution < 1.29 is 19.1 Å². The summed E-state index contributed by atoms with van der Waals surface area (Å²) in [4.78, 5) is 22.1. The van der Waals surface area contributed by atoms with E-state index in [4.69, 9.17) is 15.2 Å². The number of rotatable bonds is 7. The topological polar surface area (TPSA) is 78.6 Å². The Morgan fingerprint density at radius 2 is 2.20 bits per heavy atom. The molecule has 0 saturated carbocycles. The fourth-order valence-electron chi connectivity index (χ4n) is 0.805. The van der Waals surface area contributed by atoms with E-state index in [0.717, 1.165) is 0 Å². The Labute approximate surface area is 89.9 Å². The highest BCUT2D eigenvalue weighted by Crippen LogP contribution is 2.09. The van der Waals surface area contributed by atoms with Crippen molar-refractivity contribution in [3.05, 3.63) is 0 Å². The molecule has 0 heterocycles. The molecule has 0 rings (SSSR count). The normalized spacial score (nSPS) is 16.5. The monoisotopic (exact) mass is 217 g/mol. The molecule has 0 aliphatic carbocycles. The van der Waals surface area contributed by atoms with Crippen LogP contribution in [0.4, 0.5) is 0 Å². The smallest absolute Gasteiger partial charge is 0.326 e. The molecule has 2 atom stereocenters. The molecule has 0 aliphatic rings. The first kappa shape index (κ1) is 14.1. The molecule has 5 heteroatoms. The van der Waals surface area contributed by atoms with E-state index in [-0.39, 0.29) is 0 Å². The van der Waals surface area contributed by atoms with Crippen LogP contribution in [0.2, 0.25) is 0 Å². The van der Waals surface area contributed by atoms with E-state index in [1.165, 1.54) is 7.11 Å². The van der Waals surface area contributed by atoms with E-state index < -0.39 is 17.6 Å². The van der Waals surface area contributed by atoms with Crippen LogP contribution < -0.4 is 5.73 Å². The summed E-state index contributed by atoms with van der Waals surface area (Å²) in [7, 11) is 1.52. The quantitative estimate of drug-likeness (QED) is 0.489. The molecule has 0 spiro atoms. The highest BCUT2D eigenvalue weighted by atomic mass is 16.5. The van der Waals surface area contributed by atoms with Crippen molar-refractivity contribution in [2.45, 2.75) is 38.3 Å². The average molecular weight is 217 g/mol. The molecule has 0 aliphatic heterocycles. The Bertz CT molecular complexity index is 215. The van der Waals surface area contributed by atoms with Crippen molar-refractivity contribution in [1.29, 1.82) is 0 Å². The Hall–Kier alpha value is -0.940. The number of esters is 1. The molecule has 0 amide bonds. The summed E-state index contributed by atoms with van der Waals surface area (Å²) in [5.41, 5.74) is 4.64. The molecule has 88 valence electrons. The molecule has 0 bridgehead atoms. The highest BCUT2D eigenvalue weighted by Gasteiger charge is 2.29. The maximum atomic E-state index is 11.5. The first-order valence-corrected chi connectivity index (χ1v) is 4.92. The van der Waals surface area contributed by atoms with Crippen LogP contribution in [0.25, 0.3) is 0 Å². The average Bonchev–Trinajstić information content (AvgIpc) is 2.23. The van der Waals surface area contributed by atoms with Gasteiger partial charge in [-0.05, 0) is 13.3 Å². The van der Waals surface area contributed by atoms with Gasteiger partial charge in [-0.1, -0.05) is 6.92 Å². The van der Waals surface area contributed by atoms with Gasteiger partial charge in [0.25, 0.3) is 0 Å². The van der Waals surface area contributed by atoms with Crippen LogP contribution in [-0.2, 0) is 19.1 Å². The predicted molar refractivity (Wildman–Crippen MR) is 55.3 cm³/mol. The minimum absolute atomic E-state index is 0.353. The molecular weight excluding hydrogens is 198 g/mol. The molecule has 0 saturated heterocycles. The molecular formula is C10H19NO4. The minimum Gasteiger partial charge on any atom is -0.453 e. The van der Waals surface area contributed by atoms with Crippen molar-refractivity contribution in [3.63, 3.8) is 0 Å². The molecule has 0 aromatic carbocycles. The van der Waals surface area contributed by atoms with Gasteiger partial charge in [0, 0.05) is 13.5 Å². The highest BCUT2D eigenvalue weighted by molar-refractivity contribution is 5.81. The Morgan fingerprint density at radius 1 is 1.60 bits per heavy atom. The third-order valence-electron chi connectivity index (χ3n) is 2.22. The summed E-state index contributed by atoms with van der Waals surface area (Å²) < 4.78 is 9.73. The second-order valence-corrected chi connectivity index (χ2v) is 3.63. The molecule has 15 heavy (non-hydrogen) atoms. The van der Waals surface area contributed by atoms with Gasteiger partial charge in [-0.15, -0.1) is 0 Å². The minimum atomic E-state index is -1.03. The number of carbonyl (C=O) groups is 2. The molecule has 0 aromatic heterocycles. The third kappa shape index (κ3) is 4.90. The first-order chi connectivity index (χ1) is 6.97. The SMILES string of the molecule is CCC(C)(N)C(=O)OC(C=O)CCOC. The van der Waals surface area contributed by atoms with Crippen LogP contribution in [0.3, 0.4) is 0 Å². The second-order valence-electron chi connectivity index (χ2n) is 3.63. The Kier molecular flexibility index (Phi) is 6.12. The lowest BCUT2D eigenvalue weighted by Crippen LogP contribution is -2.47. The van der Waals surface area contributed by atoms with Crippen molar-refractivity contribution in [2.75, 3.05) is 13.7 Å². The van der Waals surface area contributed by atoms with E-state index >= 15 is 0 Å². The molecule has 0 fully saturated rings. The fourth-order valence-corrected chi connectivity index (χ4v) is 0.805. The van der Waals surface area contributed by atoms with Crippen molar-refractivity contribution in [2.24, 2.45) is 5.73 Å². The molecule has 5 nitrogen and oxygen atoms in total. The predicted octanol–water partition coefficient (Wildman–Crippen LogP) is 0.261. The van der Waals surface area contributed by atoms with Crippen LogP contribution >= 0.6 is 0 Å². The molecule has 0 radical (unpaired) electrons. The van der Waals surface area contributed by atoms with Crippen molar-refractivity contribution in [1.82, 2.24) is 0 Å². The van der Waals surface area contributed by atoms with Crippen molar-refractivity contribution >= 4 is 12.3 Å². The number of ether oxygens (including phenoxy) is 2. The summed E-state index contributed by atoms with van der Waals surface area (Å²) in [5.74, 6) is -0.557. The number of carbonyl (C=O) groups excluding carboxylic acids is 2. The summed E-state index contributed by atoms with van der Waals surface area (Å²) >= 11 is 0. The van der Waals surface area contributed by atoms with Crippen LogP contribution in [0, 0.1) is 0 Å². The van der Waals surface area contributed by atoms with Gasteiger partial charge < -0.3 is 15.2 Å². The Balaban J connectivity index is 4.18. The lowest BCUT2D eigenvalue weighted by Gasteiger charge is -2.22. The van der Waals surface area contributed by atoms with Gasteiger partial charge in [0.2, 0.25) is 0 Å². The third-order valence-corrected chi connectivity index (χ3v) is 2.22. The van der Waals surface area contributed by atoms with Gasteiger partial charge in [-0.25, -0.2) is 0 Å². The Morgan fingerprint density at radius 3 is 2.60 bits per heavy atom. The van der Waals surface area contributed by atoms with Gasteiger partial charge in [-0.2, -0.15) is 0 Å². The fraction of sp³-hybridized carbons (Fsp3) is 0.800. The van der Waals surface area contributed by atoms with Crippen molar-refractivity contribution in [3.8, 4) is 0 Å². The lowest BCUT2D eigenvalue weighted by atomic mass is 10.0. The zero-order valence-corrected chi connectivity index (χ0v) is 9.49. The van der Waals surface area contributed by atoms with Crippen LogP contribution in [-0.4, -0.2) is 37.6 Å². The van der Waals surface area contributed by atoms with Crippen LogP contribution in [0.15, 0.2) is 0 Å². The van der Waals surface area contributed by atoms with E-state index in [1.54, 1.807) is 13.8 Å². The summed E-state index contributed by atoms with van der Waals surface area (Å²) in [6, 6.07) is 0. The van der Waals surface area contributed by atoms with Gasteiger partial charge in [0.1, 0.15) is 5.54 Å². The van der Waals surface area contributed by atoms with Gasteiger partial charge in [-0.3, -0.25) is 9.59 Å². The van der Waals surface area contributed by atoms with Gasteiger partial charge in [0.15, 0.2) is 12.4 Å². The first-order valence-electron chi connectivity index (χ1n) is 4.92. The molecule has 0 aromatic rings. The zero-order valence-electron chi connectivity index (χ0n) is 9.49. The second kappa shape index (κ2) is 6.53. The zero-order chi connectivity index (χ0) is 11.9.